The van der Waals surface area contributed by atoms with Crippen LogP contribution in [0.3, 0.4) is 0 Å². The fourth-order valence-electron chi connectivity index (χ4n) is 3.12. The van der Waals surface area contributed by atoms with Gasteiger partial charge in [-0.15, -0.1) is 0 Å². The van der Waals surface area contributed by atoms with Gasteiger partial charge in [-0.2, -0.15) is 13.2 Å². The minimum atomic E-state index is -4.45. The van der Waals surface area contributed by atoms with Crippen LogP contribution >= 0.6 is 0 Å². The summed E-state index contributed by atoms with van der Waals surface area (Å²) in [5.74, 6) is -0.344. The van der Waals surface area contributed by atoms with E-state index in [1.165, 1.54) is 16.8 Å². The molecule has 0 atom stereocenters. The van der Waals surface area contributed by atoms with Gasteiger partial charge in [0.2, 0.25) is 0 Å². The molecule has 3 aromatic rings. The number of aromatic nitrogens is 2. The van der Waals surface area contributed by atoms with Gasteiger partial charge < -0.3 is 0 Å². The van der Waals surface area contributed by atoms with Crippen molar-refractivity contribution in [3.8, 4) is 16.9 Å². The Labute approximate surface area is 145 Å². The first-order valence-corrected chi connectivity index (χ1v) is 7.65. The molecular weight excluding hydrogens is 345 g/mol. The topological polar surface area (TPSA) is 54.9 Å². The van der Waals surface area contributed by atoms with E-state index in [-0.39, 0.29) is 16.9 Å². The Morgan fingerprint density at radius 3 is 2.15 bits per heavy atom. The lowest BCUT2D eigenvalue weighted by molar-refractivity contribution is -0.137. The van der Waals surface area contributed by atoms with Crippen LogP contribution in [0, 0.1) is 0 Å². The minimum Gasteiger partial charge on any atom is -0.289 e. The van der Waals surface area contributed by atoms with Gasteiger partial charge in [0.15, 0.2) is 5.78 Å². The van der Waals surface area contributed by atoms with Crippen LogP contribution < -0.4 is 5.56 Å². The lowest BCUT2D eigenvalue weighted by atomic mass is 9.86. The van der Waals surface area contributed by atoms with Crippen LogP contribution in [0.25, 0.3) is 22.5 Å². The predicted molar refractivity (Wildman–Crippen MR) is 90.2 cm³/mol. The summed E-state index contributed by atoms with van der Waals surface area (Å²) in [5, 5.41) is 2.59. The molecule has 1 N–H and O–H groups in total. The number of halogens is 3. The summed E-state index contributed by atoms with van der Waals surface area (Å²) in [6.45, 7) is 3.72. The largest absolute Gasteiger partial charge is 0.416 e. The maximum absolute atomic E-state index is 12.8. The quantitative estimate of drug-likeness (QED) is 0.669. The second kappa shape index (κ2) is 5.32. The smallest absolute Gasteiger partial charge is 0.289 e. The van der Waals surface area contributed by atoms with Crippen molar-refractivity contribution in [2.75, 3.05) is 0 Å². The molecule has 0 fully saturated rings. The molecule has 1 heterocycles. The second-order valence-corrected chi connectivity index (χ2v) is 5.90. The van der Waals surface area contributed by atoms with Crippen molar-refractivity contribution in [3.63, 3.8) is 0 Å². The van der Waals surface area contributed by atoms with Gasteiger partial charge in [-0.3, -0.25) is 19.4 Å². The molecule has 26 heavy (non-hydrogen) atoms. The van der Waals surface area contributed by atoms with E-state index in [1.54, 1.807) is 24.3 Å². The predicted octanol–water partition coefficient (Wildman–Crippen LogP) is 4.06. The Hall–Kier alpha value is -3.35. The van der Waals surface area contributed by atoms with Gasteiger partial charge >= 0.3 is 6.18 Å². The number of carbonyl (C=O) groups is 1. The Bertz CT molecular complexity index is 1120. The van der Waals surface area contributed by atoms with E-state index in [4.69, 9.17) is 0 Å². The highest BCUT2D eigenvalue weighted by molar-refractivity contribution is 6.33. The highest BCUT2D eigenvalue weighted by atomic mass is 19.4. The number of H-pyrrole nitrogens is 1. The molecule has 130 valence electrons. The SMILES string of the molecule is C=C1C(=O)c2ccccc2-c2c1c(=O)[nH]n2-c1ccc(C(F)(F)F)cc1. The summed E-state index contributed by atoms with van der Waals surface area (Å²) in [5.41, 5.74) is 0.558. The number of hydrogen-bond donors (Lipinski definition) is 1. The number of rotatable bonds is 1. The van der Waals surface area contributed by atoms with Crippen molar-refractivity contribution in [3.05, 3.63) is 82.2 Å². The van der Waals surface area contributed by atoms with E-state index in [9.17, 15) is 22.8 Å². The third kappa shape index (κ3) is 2.24. The number of aromatic amines is 1. The van der Waals surface area contributed by atoms with Gasteiger partial charge in [0.1, 0.15) is 0 Å². The average Bonchev–Trinajstić information content (AvgIpc) is 2.97. The zero-order chi connectivity index (χ0) is 18.6. The molecule has 1 aromatic heterocycles. The number of ketones is 1. The fraction of sp³-hybridized carbons (Fsp3) is 0.0526. The molecule has 4 nitrogen and oxygen atoms in total. The summed E-state index contributed by atoms with van der Waals surface area (Å²) in [7, 11) is 0. The Morgan fingerprint density at radius 2 is 1.54 bits per heavy atom. The van der Waals surface area contributed by atoms with E-state index < -0.39 is 17.3 Å². The van der Waals surface area contributed by atoms with E-state index in [1.807, 2.05) is 0 Å². The molecule has 2 aromatic carbocycles. The number of hydrogen-bond acceptors (Lipinski definition) is 2. The summed E-state index contributed by atoms with van der Waals surface area (Å²) in [6.07, 6.45) is -4.45. The minimum absolute atomic E-state index is 0.0608. The lowest BCUT2D eigenvalue weighted by Crippen LogP contribution is -2.15. The Balaban J connectivity index is 1.97. The molecule has 0 saturated heterocycles. The summed E-state index contributed by atoms with van der Waals surface area (Å²) >= 11 is 0. The number of alkyl halides is 3. The Kier molecular flexibility index (Phi) is 3.30. The second-order valence-electron chi connectivity index (χ2n) is 5.90. The molecule has 4 rings (SSSR count). The summed E-state index contributed by atoms with van der Waals surface area (Å²) < 4.78 is 39.7. The first-order chi connectivity index (χ1) is 12.3. The third-order valence-corrected chi connectivity index (χ3v) is 4.36. The number of allylic oxidation sites excluding steroid dienone is 1. The van der Waals surface area contributed by atoms with Crippen molar-refractivity contribution >= 4 is 11.4 Å². The van der Waals surface area contributed by atoms with E-state index in [0.29, 0.717) is 22.5 Å². The van der Waals surface area contributed by atoms with Crippen molar-refractivity contribution in [1.82, 2.24) is 9.78 Å². The number of Topliss-reactive ketones (excluding diaryl/α,β-unsaturated/α-hetero) is 1. The van der Waals surface area contributed by atoms with Crippen LogP contribution in [0.5, 0.6) is 0 Å². The van der Waals surface area contributed by atoms with Crippen LogP contribution in [-0.2, 0) is 6.18 Å². The molecule has 7 heteroatoms. The van der Waals surface area contributed by atoms with Crippen LogP contribution in [0.15, 0.2) is 59.9 Å². The normalized spacial score (nSPS) is 13.5. The number of benzene rings is 2. The molecule has 0 aliphatic heterocycles. The number of carbonyl (C=O) groups excluding carboxylic acids is 1. The van der Waals surface area contributed by atoms with Gasteiger partial charge in [0, 0.05) is 16.7 Å². The van der Waals surface area contributed by atoms with Gasteiger partial charge in [0.25, 0.3) is 5.56 Å². The van der Waals surface area contributed by atoms with Crippen molar-refractivity contribution in [2.45, 2.75) is 6.18 Å². The highest BCUT2D eigenvalue weighted by Crippen LogP contribution is 2.38. The Morgan fingerprint density at radius 1 is 0.923 bits per heavy atom. The molecule has 0 saturated carbocycles. The molecule has 0 amide bonds. The third-order valence-electron chi connectivity index (χ3n) is 4.36. The van der Waals surface area contributed by atoms with Crippen LogP contribution in [0.2, 0.25) is 0 Å². The van der Waals surface area contributed by atoms with Gasteiger partial charge in [-0.25, -0.2) is 0 Å². The monoisotopic (exact) mass is 356 g/mol. The van der Waals surface area contributed by atoms with Crippen LogP contribution in [0.1, 0.15) is 21.5 Å². The van der Waals surface area contributed by atoms with E-state index >= 15 is 0 Å². The summed E-state index contributed by atoms with van der Waals surface area (Å²) in [6, 6.07) is 11.1. The number of nitrogens with one attached hydrogen (secondary N) is 1. The summed E-state index contributed by atoms with van der Waals surface area (Å²) in [4.78, 5) is 24.8. The number of nitrogens with zero attached hydrogens (tertiary/aromatic N) is 1. The molecule has 1 aliphatic rings. The van der Waals surface area contributed by atoms with E-state index in [2.05, 4.69) is 11.7 Å². The van der Waals surface area contributed by atoms with Gasteiger partial charge in [-0.05, 0) is 24.3 Å². The van der Waals surface area contributed by atoms with Crippen molar-refractivity contribution < 1.29 is 18.0 Å². The molecule has 0 unspecified atom stereocenters. The first kappa shape index (κ1) is 16.1. The zero-order valence-corrected chi connectivity index (χ0v) is 13.2. The van der Waals surface area contributed by atoms with Gasteiger partial charge in [0.05, 0.1) is 22.5 Å². The van der Waals surface area contributed by atoms with Crippen LogP contribution in [0.4, 0.5) is 13.2 Å². The fourth-order valence-corrected chi connectivity index (χ4v) is 3.12. The molecule has 0 spiro atoms. The average molecular weight is 356 g/mol. The standard InChI is InChI=1S/C19H11F3N2O2/c1-10-15-16(13-4-2-3-5-14(13)17(10)25)24(23-18(15)26)12-8-6-11(7-9-12)19(20,21)22/h2-9H,1H2,(H,23,26). The number of fused-ring (bicyclic) bond motifs is 3. The van der Waals surface area contributed by atoms with Gasteiger partial charge in [-0.1, -0.05) is 30.8 Å². The lowest BCUT2D eigenvalue weighted by Gasteiger charge is -2.19. The van der Waals surface area contributed by atoms with Crippen LogP contribution in [-0.4, -0.2) is 15.6 Å². The van der Waals surface area contributed by atoms with Crippen molar-refractivity contribution in [1.29, 1.82) is 0 Å². The molecule has 0 radical (unpaired) electrons. The molecule has 1 aliphatic carbocycles. The maximum Gasteiger partial charge on any atom is 0.416 e. The van der Waals surface area contributed by atoms with E-state index in [0.717, 1.165) is 12.1 Å². The molecule has 0 bridgehead atoms. The first-order valence-electron chi connectivity index (χ1n) is 7.65. The highest BCUT2D eigenvalue weighted by Gasteiger charge is 2.33. The maximum atomic E-state index is 12.8. The molecular formula is C19H11F3N2O2. The zero-order valence-electron chi connectivity index (χ0n) is 13.2. The van der Waals surface area contributed by atoms with Crippen molar-refractivity contribution in [2.24, 2.45) is 0 Å².